The highest BCUT2D eigenvalue weighted by atomic mass is 32.2. The maximum atomic E-state index is 11.3. The summed E-state index contributed by atoms with van der Waals surface area (Å²) in [6.07, 6.45) is 1.84. The average Bonchev–Trinajstić information content (AvgIpc) is 2.57. The molecule has 1 aliphatic heterocycles. The second kappa shape index (κ2) is 6.88. The Morgan fingerprint density at radius 3 is 2.33 bits per heavy atom. The number of nitrogens with two attached hydrogens (primary N) is 1. The number of pyridine rings is 1. The largest absolute Gasteiger partial charge is 0.369 e. The molecule has 24 heavy (non-hydrogen) atoms. The lowest BCUT2D eigenvalue weighted by Crippen LogP contribution is -2.46. The highest BCUT2D eigenvalue weighted by Gasteiger charge is 2.18. The summed E-state index contributed by atoms with van der Waals surface area (Å²) < 4.78 is 22.6. The smallest absolute Gasteiger partial charge is 0.238 e. The zero-order chi connectivity index (χ0) is 17.2. The van der Waals surface area contributed by atoms with E-state index in [0.29, 0.717) is 0 Å². The van der Waals surface area contributed by atoms with E-state index < -0.39 is 10.0 Å². The third kappa shape index (κ3) is 3.92. The van der Waals surface area contributed by atoms with Crippen molar-refractivity contribution >= 4 is 15.7 Å². The summed E-state index contributed by atoms with van der Waals surface area (Å²) in [5, 5.41) is 5.14. The van der Waals surface area contributed by atoms with Crippen molar-refractivity contribution in [3.8, 4) is 0 Å². The SMILES string of the molecule is Cc1cccnc1CN1CCN(c2ccc(S(N)(=O)=O)cc2)CC1. The summed E-state index contributed by atoms with van der Waals surface area (Å²) in [4.78, 5) is 9.26. The molecular formula is C17H22N4O2S. The normalized spacial score (nSPS) is 16.3. The molecule has 1 saturated heterocycles. The van der Waals surface area contributed by atoms with E-state index in [0.717, 1.165) is 44.1 Å². The van der Waals surface area contributed by atoms with Crippen LogP contribution in [0.15, 0.2) is 47.5 Å². The van der Waals surface area contributed by atoms with Gasteiger partial charge in [0.05, 0.1) is 10.6 Å². The van der Waals surface area contributed by atoms with Gasteiger partial charge in [-0.05, 0) is 42.8 Å². The Labute approximate surface area is 143 Å². The van der Waals surface area contributed by atoms with Crippen LogP contribution in [0.4, 0.5) is 5.69 Å². The number of aromatic nitrogens is 1. The van der Waals surface area contributed by atoms with E-state index in [-0.39, 0.29) is 4.90 Å². The third-order valence-electron chi connectivity index (χ3n) is 4.39. The van der Waals surface area contributed by atoms with Crippen LogP contribution in [0.2, 0.25) is 0 Å². The molecule has 0 atom stereocenters. The number of hydrogen-bond acceptors (Lipinski definition) is 5. The lowest BCUT2D eigenvalue weighted by molar-refractivity contribution is 0.246. The van der Waals surface area contributed by atoms with Crippen molar-refractivity contribution < 1.29 is 8.42 Å². The number of primary sulfonamides is 1. The standard InChI is InChI=1S/C17H22N4O2S/c1-14-3-2-8-19-17(14)13-20-9-11-21(12-10-20)15-4-6-16(7-5-15)24(18,22)23/h2-8H,9-13H2,1H3,(H2,18,22,23). The molecule has 7 heteroatoms. The highest BCUT2D eigenvalue weighted by molar-refractivity contribution is 7.89. The second-order valence-corrected chi connectivity index (χ2v) is 7.63. The fourth-order valence-electron chi connectivity index (χ4n) is 2.91. The number of rotatable bonds is 4. The Morgan fingerprint density at radius 1 is 1.08 bits per heavy atom. The molecule has 0 unspecified atom stereocenters. The van der Waals surface area contributed by atoms with E-state index in [1.807, 2.05) is 24.4 Å². The summed E-state index contributed by atoms with van der Waals surface area (Å²) in [5.74, 6) is 0. The zero-order valence-electron chi connectivity index (χ0n) is 13.7. The van der Waals surface area contributed by atoms with Crippen molar-refractivity contribution in [2.45, 2.75) is 18.4 Å². The molecule has 0 aliphatic carbocycles. The van der Waals surface area contributed by atoms with E-state index in [1.165, 1.54) is 5.56 Å². The molecule has 0 saturated carbocycles. The second-order valence-electron chi connectivity index (χ2n) is 6.07. The first-order valence-corrected chi connectivity index (χ1v) is 9.49. The highest BCUT2D eigenvalue weighted by Crippen LogP contribution is 2.19. The maximum absolute atomic E-state index is 11.3. The van der Waals surface area contributed by atoms with Crippen LogP contribution in [0.25, 0.3) is 0 Å². The van der Waals surface area contributed by atoms with Gasteiger partial charge in [-0.1, -0.05) is 6.07 Å². The first kappa shape index (κ1) is 16.9. The van der Waals surface area contributed by atoms with E-state index in [1.54, 1.807) is 12.1 Å². The minimum absolute atomic E-state index is 0.149. The molecular weight excluding hydrogens is 324 g/mol. The minimum Gasteiger partial charge on any atom is -0.369 e. The van der Waals surface area contributed by atoms with Crippen LogP contribution in [-0.4, -0.2) is 44.5 Å². The molecule has 0 spiro atoms. The Balaban J connectivity index is 1.60. The van der Waals surface area contributed by atoms with Crippen LogP contribution in [0.1, 0.15) is 11.3 Å². The minimum atomic E-state index is -3.63. The first-order valence-electron chi connectivity index (χ1n) is 7.94. The van der Waals surface area contributed by atoms with E-state index in [9.17, 15) is 8.42 Å². The Kier molecular flexibility index (Phi) is 4.84. The molecule has 2 aromatic rings. The summed E-state index contributed by atoms with van der Waals surface area (Å²) in [5.41, 5.74) is 3.37. The lowest BCUT2D eigenvalue weighted by Gasteiger charge is -2.36. The Morgan fingerprint density at radius 2 is 1.75 bits per heavy atom. The van der Waals surface area contributed by atoms with Crippen molar-refractivity contribution in [2.24, 2.45) is 5.14 Å². The van der Waals surface area contributed by atoms with Gasteiger partial charge in [0.2, 0.25) is 10.0 Å². The number of aryl methyl sites for hydroxylation is 1. The van der Waals surface area contributed by atoms with E-state index >= 15 is 0 Å². The van der Waals surface area contributed by atoms with Gasteiger partial charge in [-0.15, -0.1) is 0 Å². The fourth-order valence-corrected chi connectivity index (χ4v) is 3.42. The number of anilines is 1. The number of benzene rings is 1. The monoisotopic (exact) mass is 346 g/mol. The topological polar surface area (TPSA) is 79.5 Å². The van der Waals surface area contributed by atoms with Crippen molar-refractivity contribution in [3.63, 3.8) is 0 Å². The molecule has 1 aliphatic rings. The fraction of sp³-hybridized carbons (Fsp3) is 0.353. The van der Waals surface area contributed by atoms with Crippen molar-refractivity contribution in [3.05, 3.63) is 53.9 Å². The number of hydrogen-bond donors (Lipinski definition) is 1. The van der Waals surface area contributed by atoms with Crippen LogP contribution in [0.5, 0.6) is 0 Å². The van der Waals surface area contributed by atoms with Crippen molar-refractivity contribution in [2.75, 3.05) is 31.1 Å². The molecule has 2 N–H and O–H groups in total. The molecule has 0 radical (unpaired) electrons. The van der Waals surface area contributed by atoms with Gasteiger partial charge in [0.1, 0.15) is 0 Å². The van der Waals surface area contributed by atoms with Crippen LogP contribution in [0.3, 0.4) is 0 Å². The van der Waals surface area contributed by atoms with Gasteiger partial charge in [0.15, 0.2) is 0 Å². The summed E-state index contributed by atoms with van der Waals surface area (Å²) in [6, 6.07) is 10.8. The molecule has 1 aromatic carbocycles. The van der Waals surface area contributed by atoms with Gasteiger partial charge in [0.25, 0.3) is 0 Å². The van der Waals surface area contributed by atoms with Gasteiger partial charge >= 0.3 is 0 Å². The van der Waals surface area contributed by atoms with E-state index in [2.05, 4.69) is 27.8 Å². The van der Waals surface area contributed by atoms with E-state index in [4.69, 9.17) is 5.14 Å². The number of sulfonamides is 1. The van der Waals surface area contributed by atoms with Crippen LogP contribution in [0, 0.1) is 6.92 Å². The van der Waals surface area contributed by atoms with Crippen LogP contribution in [-0.2, 0) is 16.6 Å². The molecule has 1 fully saturated rings. The molecule has 6 nitrogen and oxygen atoms in total. The Hall–Kier alpha value is -1.96. The average molecular weight is 346 g/mol. The molecule has 0 amide bonds. The van der Waals surface area contributed by atoms with Crippen molar-refractivity contribution in [1.82, 2.24) is 9.88 Å². The van der Waals surface area contributed by atoms with Gasteiger partial charge < -0.3 is 4.90 Å². The lowest BCUT2D eigenvalue weighted by atomic mass is 10.2. The molecule has 3 rings (SSSR count). The third-order valence-corrected chi connectivity index (χ3v) is 5.32. The quantitative estimate of drug-likeness (QED) is 0.904. The predicted molar refractivity (Wildman–Crippen MR) is 94.3 cm³/mol. The summed E-state index contributed by atoms with van der Waals surface area (Å²) in [7, 11) is -3.63. The first-order chi connectivity index (χ1) is 11.4. The Bertz CT molecular complexity index is 798. The molecule has 2 heterocycles. The van der Waals surface area contributed by atoms with Gasteiger partial charge in [-0.2, -0.15) is 0 Å². The van der Waals surface area contributed by atoms with Crippen molar-refractivity contribution in [1.29, 1.82) is 0 Å². The molecule has 1 aromatic heterocycles. The molecule has 0 bridgehead atoms. The van der Waals surface area contributed by atoms with Crippen LogP contribution < -0.4 is 10.0 Å². The summed E-state index contributed by atoms with van der Waals surface area (Å²) >= 11 is 0. The summed E-state index contributed by atoms with van der Waals surface area (Å²) in [6.45, 7) is 6.66. The number of piperazine rings is 1. The van der Waals surface area contributed by atoms with Gasteiger partial charge in [-0.3, -0.25) is 9.88 Å². The van der Waals surface area contributed by atoms with Gasteiger partial charge in [0, 0.05) is 44.6 Å². The van der Waals surface area contributed by atoms with Crippen LogP contribution >= 0.6 is 0 Å². The predicted octanol–water partition coefficient (Wildman–Crippen LogP) is 1.36. The molecule has 128 valence electrons. The zero-order valence-corrected chi connectivity index (χ0v) is 14.5. The maximum Gasteiger partial charge on any atom is 0.238 e. The van der Waals surface area contributed by atoms with Gasteiger partial charge in [-0.25, -0.2) is 13.6 Å². The number of nitrogens with zero attached hydrogens (tertiary/aromatic N) is 3.